The molecule has 1 aliphatic rings. The van der Waals surface area contributed by atoms with E-state index in [1.165, 1.54) is 19.2 Å². The molecule has 17 heavy (non-hydrogen) atoms. The normalized spacial score (nSPS) is 17.1. The van der Waals surface area contributed by atoms with Gasteiger partial charge >= 0.3 is 0 Å². The summed E-state index contributed by atoms with van der Waals surface area (Å²) in [6, 6.07) is 6.13. The Hall–Kier alpha value is -1.82. The second-order valence-corrected chi connectivity index (χ2v) is 5.04. The van der Waals surface area contributed by atoms with E-state index in [1.807, 2.05) is 6.08 Å². The number of ether oxygens (including phenoxy) is 1. The van der Waals surface area contributed by atoms with E-state index in [9.17, 15) is 8.42 Å². The number of methoxy groups -OCH3 is 1. The van der Waals surface area contributed by atoms with Crippen LogP contribution in [0, 0.1) is 0 Å². The lowest BCUT2D eigenvalue weighted by Gasteiger charge is -2.03. The van der Waals surface area contributed by atoms with Crippen molar-refractivity contribution in [1.29, 1.82) is 0 Å². The van der Waals surface area contributed by atoms with Gasteiger partial charge in [0.15, 0.2) is 0 Å². The fourth-order valence-corrected chi connectivity index (χ4v) is 2.40. The Labute approximate surface area is 99.9 Å². The Morgan fingerprint density at radius 2 is 2.00 bits per heavy atom. The number of sulfonamides is 1. The summed E-state index contributed by atoms with van der Waals surface area (Å²) >= 11 is 0. The molecule has 0 atom stereocenters. The lowest BCUT2D eigenvalue weighted by atomic mass is 10.3. The first-order chi connectivity index (χ1) is 8.12. The highest BCUT2D eigenvalue weighted by molar-refractivity contribution is 7.90. The quantitative estimate of drug-likeness (QED) is 0.880. The van der Waals surface area contributed by atoms with Crippen LogP contribution in [0.2, 0.25) is 0 Å². The van der Waals surface area contributed by atoms with Crippen molar-refractivity contribution in [2.24, 2.45) is 4.40 Å². The highest BCUT2D eigenvalue weighted by atomic mass is 32.2. The Morgan fingerprint density at radius 1 is 1.29 bits per heavy atom. The van der Waals surface area contributed by atoms with E-state index in [0.29, 0.717) is 18.0 Å². The van der Waals surface area contributed by atoms with Crippen LogP contribution < -0.4 is 10.1 Å². The molecule has 1 heterocycles. The van der Waals surface area contributed by atoms with Crippen molar-refractivity contribution in [1.82, 2.24) is 5.32 Å². The van der Waals surface area contributed by atoms with Gasteiger partial charge in [-0.2, -0.15) is 8.42 Å². The predicted molar refractivity (Wildman–Crippen MR) is 64.5 cm³/mol. The SMILES string of the molecule is COc1ccc(S(=O)(=O)/N=C2\CC=CN2)cc1. The maximum atomic E-state index is 11.9. The van der Waals surface area contributed by atoms with E-state index in [2.05, 4.69) is 9.71 Å². The first-order valence-corrected chi connectivity index (χ1v) is 6.45. The van der Waals surface area contributed by atoms with Crippen LogP contribution in [0.5, 0.6) is 5.75 Å². The number of rotatable bonds is 3. The molecule has 0 aliphatic carbocycles. The molecule has 0 saturated carbocycles. The molecule has 90 valence electrons. The Bertz CT molecular complexity index is 549. The third-order valence-electron chi connectivity index (χ3n) is 2.27. The lowest BCUT2D eigenvalue weighted by Crippen LogP contribution is -2.13. The summed E-state index contributed by atoms with van der Waals surface area (Å²) in [5.41, 5.74) is 0. The first kappa shape index (κ1) is 11.7. The largest absolute Gasteiger partial charge is 0.497 e. The van der Waals surface area contributed by atoms with Crippen LogP contribution in [0.15, 0.2) is 45.8 Å². The summed E-state index contributed by atoms with van der Waals surface area (Å²) in [6.45, 7) is 0. The van der Waals surface area contributed by atoms with Gasteiger partial charge in [0, 0.05) is 6.42 Å². The van der Waals surface area contributed by atoms with Gasteiger partial charge in [-0.3, -0.25) is 0 Å². The van der Waals surface area contributed by atoms with Gasteiger partial charge in [0.25, 0.3) is 10.0 Å². The molecule has 5 nitrogen and oxygen atoms in total. The second kappa shape index (κ2) is 4.58. The monoisotopic (exact) mass is 252 g/mol. The molecule has 0 spiro atoms. The van der Waals surface area contributed by atoms with Crippen LogP contribution in [0.1, 0.15) is 6.42 Å². The fourth-order valence-electron chi connectivity index (χ4n) is 1.39. The molecule has 0 radical (unpaired) electrons. The average Bonchev–Trinajstić information content (AvgIpc) is 2.81. The van der Waals surface area contributed by atoms with Crippen LogP contribution in [-0.4, -0.2) is 21.4 Å². The van der Waals surface area contributed by atoms with E-state index in [-0.39, 0.29) is 4.90 Å². The third-order valence-corrected chi connectivity index (χ3v) is 3.60. The number of nitrogens with zero attached hydrogens (tertiary/aromatic N) is 1. The van der Waals surface area contributed by atoms with Gasteiger partial charge in [0.2, 0.25) is 0 Å². The minimum absolute atomic E-state index is 0.152. The van der Waals surface area contributed by atoms with Crippen molar-refractivity contribution in [3.63, 3.8) is 0 Å². The van der Waals surface area contributed by atoms with Crippen LogP contribution >= 0.6 is 0 Å². The van der Waals surface area contributed by atoms with Crippen LogP contribution in [0.4, 0.5) is 0 Å². The molecule has 0 fully saturated rings. The highest BCUT2D eigenvalue weighted by Crippen LogP contribution is 2.17. The van der Waals surface area contributed by atoms with Crippen molar-refractivity contribution in [2.45, 2.75) is 11.3 Å². The molecular formula is C11H12N2O3S. The molecule has 0 unspecified atom stereocenters. The highest BCUT2D eigenvalue weighted by Gasteiger charge is 2.14. The minimum Gasteiger partial charge on any atom is -0.497 e. The van der Waals surface area contributed by atoms with Crippen molar-refractivity contribution < 1.29 is 13.2 Å². The molecule has 1 aromatic rings. The first-order valence-electron chi connectivity index (χ1n) is 5.01. The number of benzene rings is 1. The molecule has 0 aromatic heterocycles. The van der Waals surface area contributed by atoms with Gasteiger partial charge in [-0.1, -0.05) is 6.08 Å². The Balaban J connectivity index is 2.28. The topological polar surface area (TPSA) is 67.8 Å². The minimum atomic E-state index is -3.64. The van der Waals surface area contributed by atoms with Crippen LogP contribution in [-0.2, 0) is 10.0 Å². The number of hydrogen-bond acceptors (Lipinski definition) is 3. The van der Waals surface area contributed by atoms with Crippen molar-refractivity contribution in [2.75, 3.05) is 7.11 Å². The average molecular weight is 252 g/mol. The smallest absolute Gasteiger partial charge is 0.283 e. The summed E-state index contributed by atoms with van der Waals surface area (Å²) in [5.74, 6) is 1.04. The zero-order valence-corrected chi connectivity index (χ0v) is 10.1. The lowest BCUT2D eigenvalue weighted by molar-refractivity contribution is 0.414. The molecule has 6 heteroatoms. The molecular weight excluding hydrogens is 240 g/mol. The van der Waals surface area contributed by atoms with E-state index >= 15 is 0 Å². The standard InChI is InChI=1S/C11H12N2O3S/c1-16-9-4-6-10(7-5-9)17(14,15)13-11-3-2-8-12-11/h2,4-8H,3H2,1H3,(H,12,13). The third kappa shape index (κ3) is 2.65. The molecule has 0 saturated heterocycles. The fraction of sp³-hybridized carbons (Fsp3) is 0.182. The molecule has 0 bridgehead atoms. The summed E-state index contributed by atoms with van der Waals surface area (Å²) in [7, 11) is -2.11. The number of nitrogens with one attached hydrogen (secondary N) is 1. The van der Waals surface area contributed by atoms with Crippen molar-refractivity contribution in [3.8, 4) is 5.75 Å². The number of amidine groups is 1. The Kier molecular flexibility index (Phi) is 3.14. The molecule has 1 aliphatic heterocycles. The molecule has 0 amide bonds. The molecule has 2 rings (SSSR count). The van der Waals surface area contributed by atoms with E-state index in [4.69, 9.17) is 4.74 Å². The summed E-state index contributed by atoms with van der Waals surface area (Å²) in [4.78, 5) is 0.152. The van der Waals surface area contributed by atoms with Gasteiger partial charge in [-0.25, -0.2) is 0 Å². The van der Waals surface area contributed by atoms with E-state index in [0.717, 1.165) is 0 Å². The molecule has 1 N–H and O–H groups in total. The summed E-state index contributed by atoms with van der Waals surface area (Å²) < 4.78 is 32.5. The predicted octanol–water partition coefficient (Wildman–Crippen LogP) is 1.29. The van der Waals surface area contributed by atoms with Crippen molar-refractivity contribution in [3.05, 3.63) is 36.5 Å². The van der Waals surface area contributed by atoms with Crippen molar-refractivity contribution >= 4 is 15.9 Å². The van der Waals surface area contributed by atoms with Gasteiger partial charge in [0.05, 0.1) is 12.0 Å². The second-order valence-electron chi connectivity index (χ2n) is 3.44. The van der Waals surface area contributed by atoms with Gasteiger partial charge in [0.1, 0.15) is 11.6 Å². The zero-order valence-electron chi connectivity index (χ0n) is 9.25. The summed E-state index contributed by atoms with van der Waals surface area (Å²) in [5, 5.41) is 2.77. The van der Waals surface area contributed by atoms with Gasteiger partial charge in [-0.15, -0.1) is 4.40 Å². The van der Waals surface area contributed by atoms with E-state index < -0.39 is 10.0 Å². The summed E-state index contributed by atoms with van der Waals surface area (Å²) in [6.07, 6.45) is 3.99. The zero-order chi connectivity index (χ0) is 12.3. The maximum Gasteiger partial charge on any atom is 0.283 e. The van der Waals surface area contributed by atoms with Gasteiger partial charge in [-0.05, 0) is 30.5 Å². The maximum absolute atomic E-state index is 11.9. The van der Waals surface area contributed by atoms with Crippen LogP contribution in [0.25, 0.3) is 0 Å². The van der Waals surface area contributed by atoms with E-state index in [1.54, 1.807) is 18.3 Å². The van der Waals surface area contributed by atoms with Crippen LogP contribution in [0.3, 0.4) is 0 Å². The number of hydrogen-bond donors (Lipinski definition) is 1. The molecule has 1 aromatic carbocycles. The van der Waals surface area contributed by atoms with Gasteiger partial charge < -0.3 is 10.1 Å². The Morgan fingerprint density at radius 3 is 2.53 bits per heavy atom.